The van der Waals surface area contributed by atoms with Crippen LogP contribution in [0.3, 0.4) is 0 Å². The van der Waals surface area contributed by atoms with Gasteiger partial charge in [0.2, 0.25) is 5.91 Å². The van der Waals surface area contributed by atoms with E-state index < -0.39 is 23.9 Å². The van der Waals surface area contributed by atoms with Crippen molar-refractivity contribution in [3.63, 3.8) is 0 Å². The van der Waals surface area contributed by atoms with Gasteiger partial charge in [0.15, 0.2) is 21.3 Å². The average Bonchev–Trinajstić information content (AvgIpc) is 3.45. The van der Waals surface area contributed by atoms with Gasteiger partial charge in [-0.05, 0) is 30.9 Å². The summed E-state index contributed by atoms with van der Waals surface area (Å²) >= 11 is 1.06. The molecular formula is C22H25F2N5O3S. The second kappa shape index (κ2) is 9.92. The molecule has 0 aliphatic carbocycles. The maximum Gasteiger partial charge on any atom is 0.295 e. The molecule has 2 aromatic heterocycles. The van der Waals surface area contributed by atoms with Gasteiger partial charge in [0.1, 0.15) is 6.04 Å². The number of thiazole rings is 1. The van der Waals surface area contributed by atoms with Crippen LogP contribution < -0.4 is 15.8 Å². The number of rotatable bonds is 8. The van der Waals surface area contributed by atoms with Crippen molar-refractivity contribution in [2.24, 2.45) is 0 Å². The molecule has 1 atom stereocenters. The molecule has 1 aromatic carbocycles. The first kappa shape index (κ1) is 23.2. The van der Waals surface area contributed by atoms with Crippen molar-refractivity contribution in [1.29, 1.82) is 0 Å². The van der Waals surface area contributed by atoms with E-state index >= 15 is 0 Å². The van der Waals surface area contributed by atoms with E-state index in [0.29, 0.717) is 31.2 Å². The number of hydrogen-bond acceptors (Lipinski definition) is 7. The second-order valence-corrected chi connectivity index (χ2v) is 8.70. The predicted molar refractivity (Wildman–Crippen MR) is 122 cm³/mol. The summed E-state index contributed by atoms with van der Waals surface area (Å²) in [7, 11) is 1.62. The second-order valence-electron chi connectivity index (χ2n) is 7.74. The lowest BCUT2D eigenvalue weighted by molar-refractivity contribution is -0.122. The van der Waals surface area contributed by atoms with E-state index in [1.54, 1.807) is 14.0 Å². The van der Waals surface area contributed by atoms with Gasteiger partial charge in [-0.25, -0.2) is 18.7 Å². The Balaban J connectivity index is 1.56. The number of hydrogen-bond donors (Lipinski definition) is 1. The van der Waals surface area contributed by atoms with Gasteiger partial charge in [0.25, 0.3) is 12.0 Å². The Morgan fingerprint density at radius 3 is 2.76 bits per heavy atom. The monoisotopic (exact) mass is 477 g/mol. The van der Waals surface area contributed by atoms with Crippen molar-refractivity contribution in [1.82, 2.24) is 19.9 Å². The molecule has 0 spiro atoms. The molecule has 0 bridgehead atoms. The minimum Gasteiger partial charge on any atom is -0.380 e. The number of carbonyl (C=O) groups excluding carboxylic acids is 1. The standard InChI is InChI=1S/C22H25F2N5O3S/c1-3-28-18(17(23)24)27-20-16(21(28)31)26-22(33-20)29-10-6-9-15(29)19(30)25-11-13-7-4-5-8-14(13)12-32-2/h4-5,7-8,15,17H,3,6,9-12H2,1-2H3,(H,25,30). The van der Waals surface area contributed by atoms with Crippen molar-refractivity contribution in [2.75, 3.05) is 18.6 Å². The molecule has 11 heteroatoms. The van der Waals surface area contributed by atoms with Gasteiger partial charge >= 0.3 is 0 Å². The third kappa shape index (κ3) is 4.60. The molecule has 8 nitrogen and oxygen atoms in total. The SMILES string of the molecule is CCn1c(C(F)F)nc2sc(N3CCCC3C(=O)NCc3ccccc3COC)nc2c1=O. The van der Waals surface area contributed by atoms with Crippen molar-refractivity contribution in [3.05, 3.63) is 51.6 Å². The summed E-state index contributed by atoms with van der Waals surface area (Å²) in [6.45, 7) is 3.09. The van der Waals surface area contributed by atoms with Gasteiger partial charge < -0.3 is 15.0 Å². The van der Waals surface area contributed by atoms with Gasteiger partial charge in [-0.3, -0.25) is 14.2 Å². The maximum absolute atomic E-state index is 13.4. The Kier molecular flexibility index (Phi) is 6.99. The number of alkyl halides is 2. The summed E-state index contributed by atoms with van der Waals surface area (Å²) in [5, 5.41) is 3.43. The molecule has 1 aliphatic rings. The summed E-state index contributed by atoms with van der Waals surface area (Å²) in [6.07, 6.45) is -1.45. The highest BCUT2D eigenvalue weighted by Crippen LogP contribution is 2.32. The molecule has 1 aliphatic heterocycles. The minimum absolute atomic E-state index is 0.0563. The quantitative estimate of drug-likeness (QED) is 0.536. The first-order valence-corrected chi connectivity index (χ1v) is 11.6. The van der Waals surface area contributed by atoms with Crippen LogP contribution in [0.2, 0.25) is 0 Å². The van der Waals surface area contributed by atoms with Crippen LogP contribution in [0.5, 0.6) is 0 Å². The predicted octanol–water partition coefficient (Wildman–Crippen LogP) is 3.24. The highest BCUT2D eigenvalue weighted by atomic mass is 32.1. The molecule has 1 saturated heterocycles. The van der Waals surface area contributed by atoms with Gasteiger partial charge in [0.05, 0.1) is 6.61 Å². The molecule has 3 aromatic rings. The van der Waals surface area contributed by atoms with Crippen LogP contribution in [0.1, 0.15) is 43.1 Å². The number of fused-ring (bicyclic) bond motifs is 1. The summed E-state index contributed by atoms with van der Waals surface area (Å²) < 4.78 is 32.9. The fourth-order valence-electron chi connectivity index (χ4n) is 4.10. The normalized spacial score (nSPS) is 16.2. The Bertz CT molecular complexity index is 1210. The Morgan fingerprint density at radius 1 is 1.30 bits per heavy atom. The van der Waals surface area contributed by atoms with Crippen LogP contribution in [-0.2, 0) is 29.2 Å². The first-order valence-electron chi connectivity index (χ1n) is 10.7. The van der Waals surface area contributed by atoms with E-state index in [4.69, 9.17) is 4.74 Å². The largest absolute Gasteiger partial charge is 0.380 e. The zero-order chi connectivity index (χ0) is 23.5. The molecule has 33 heavy (non-hydrogen) atoms. The molecule has 176 valence electrons. The smallest absolute Gasteiger partial charge is 0.295 e. The number of amides is 1. The third-order valence-corrected chi connectivity index (χ3v) is 6.71. The summed E-state index contributed by atoms with van der Waals surface area (Å²) in [5.41, 5.74) is 1.44. The van der Waals surface area contributed by atoms with E-state index in [0.717, 1.165) is 33.5 Å². The molecule has 3 heterocycles. The topological polar surface area (TPSA) is 89.3 Å². The number of benzene rings is 1. The first-order chi connectivity index (χ1) is 15.9. The van der Waals surface area contributed by atoms with E-state index in [1.807, 2.05) is 29.2 Å². The number of halogens is 2. The molecular weight excluding hydrogens is 452 g/mol. The lowest BCUT2D eigenvalue weighted by Gasteiger charge is -2.23. The van der Waals surface area contributed by atoms with E-state index in [9.17, 15) is 18.4 Å². The number of nitrogens with zero attached hydrogens (tertiary/aromatic N) is 4. The van der Waals surface area contributed by atoms with Crippen molar-refractivity contribution in [3.8, 4) is 0 Å². The highest BCUT2D eigenvalue weighted by molar-refractivity contribution is 7.21. The summed E-state index contributed by atoms with van der Waals surface area (Å²) in [4.78, 5) is 36.1. The van der Waals surface area contributed by atoms with E-state index in [2.05, 4.69) is 15.3 Å². The van der Waals surface area contributed by atoms with Crippen LogP contribution in [0.15, 0.2) is 29.1 Å². The number of anilines is 1. The van der Waals surface area contributed by atoms with Crippen LogP contribution in [0, 0.1) is 0 Å². The number of nitrogens with one attached hydrogen (secondary N) is 1. The molecule has 1 fully saturated rings. The Labute approximate surface area is 193 Å². The zero-order valence-corrected chi connectivity index (χ0v) is 19.2. The van der Waals surface area contributed by atoms with Gasteiger partial charge in [-0.2, -0.15) is 0 Å². The number of methoxy groups -OCH3 is 1. The lowest BCUT2D eigenvalue weighted by Crippen LogP contribution is -2.43. The Hall–Kier alpha value is -2.92. The van der Waals surface area contributed by atoms with Crippen LogP contribution >= 0.6 is 11.3 Å². The minimum atomic E-state index is -2.86. The van der Waals surface area contributed by atoms with Crippen LogP contribution in [-0.4, -0.2) is 40.1 Å². The fraction of sp³-hybridized carbons (Fsp3) is 0.455. The molecule has 4 rings (SSSR count). The average molecular weight is 478 g/mol. The number of aromatic nitrogens is 3. The highest BCUT2D eigenvalue weighted by Gasteiger charge is 2.33. The van der Waals surface area contributed by atoms with Gasteiger partial charge in [0, 0.05) is 26.7 Å². The molecule has 1 amide bonds. The maximum atomic E-state index is 13.4. The van der Waals surface area contributed by atoms with Crippen LogP contribution in [0.4, 0.5) is 13.9 Å². The van der Waals surface area contributed by atoms with Gasteiger partial charge in [-0.1, -0.05) is 35.6 Å². The van der Waals surface area contributed by atoms with Crippen molar-refractivity contribution in [2.45, 2.75) is 51.9 Å². The van der Waals surface area contributed by atoms with Crippen molar-refractivity contribution >= 4 is 32.7 Å². The van der Waals surface area contributed by atoms with Gasteiger partial charge in [-0.15, -0.1) is 0 Å². The van der Waals surface area contributed by atoms with Crippen LogP contribution in [0.25, 0.3) is 10.3 Å². The van der Waals surface area contributed by atoms with E-state index in [1.165, 1.54) is 0 Å². The number of carbonyl (C=O) groups is 1. The number of ether oxygens (including phenoxy) is 1. The summed E-state index contributed by atoms with van der Waals surface area (Å²) in [5.74, 6) is -0.707. The van der Waals surface area contributed by atoms with Crippen molar-refractivity contribution < 1.29 is 18.3 Å². The molecule has 1 unspecified atom stereocenters. The Morgan fingerprint density at radius 2 is 2.06 bits per heavy atom. The zero-order valence-electron chi connectivity index (χ0n) is 18.4. The third-order valence-electron chi connectivity index (χ3n) is 5.72. The fourth-order valence-corrected chi connectivity index (χ4v) is 5.12. The summed E-state index contributed by atoms with van der Waals surface area (Å²) in [6, 6.07) is 7.28. The lowest BCUT2D eigenvalue weighted by atomic mass is 10.1. The molecule has 0 saturated carbocycles. The molecule has 0 radical (unpaired) electrons. The van der Waals surface area contributed by atoms with E-state index in [-0.39, 0.29) is 22.8 Å². The molecule has 1 N–H and O–H groups in total.